The Morgan fingerprint density at radius 1 is 1.36 bits per heavy atom. The summed E-state index contributed by atoms with van der Waals surface area (Å²) in [6.45, 7) is 0.799. The smallest absolute Gasteiger partial charge is 0.253 e. The second-order valence-corrected chi connectivity index (χ2v) is 6.73. The predicted octanol–water partition coefficient (Wildman–Crippen LogP) is 1.18. The van der Waals surface area contributed by atoms with E-state index in [0.717, 1.165) is 10.2 Å². The molecule has 6 nitrogen and oxygen atoms in total. The quantitative estimate of drug-likeness (QED) is 0.801. The number of likely N-dealkylation sites (tertiary alicyclic amines) is 1. The summed E-state index contributed by atoms with van der Waals surface area (Å²) in [6.07, 6.45) is 0.718. The van der Waals surface area contributed by atoms with Crippen LogP contribution in [0.25, 0.3) is 10.2 Å². The average Bonchev–Trinajstić information content (AvgIpc) is 3.18. The minimum absolute atomic E-state index is 0.112. The van der Waals surface area contributed by atoms with Crippen molar-refractivity contribution in [3.8, 4) is 0 Å². The van der Waals surface area contributed by atoms with Crippen molar-refractivity contribution in [2.45, 2.75) is 12.8 Å². The molecular weight excluding hydrogens is 302 g/mol. The number of aromatic nitrogens is 1. The number of nitrogens with one attached hydrogen (secondary N) is 1. The van der Waals surface area contributed by atoms with Crippen LogP contribution in [-0.4, -0.2) is 40.7 Å². The number of hydrogen-bond acceptors (Lipinski definition) is 5. The Labute approximate surface area is 130 Å². The largest absolute Gasteiger partial charge is 0.338 e. The van der Waals surface area contributed by atoms with Crippen molar-refractivity contribution in [1.82, 2.24) is 15.2 Å². The summed E-state index contributed by atoms with van der Waals surface area (Å²) >= 11 is 1.53. The second kappa shape index (κ2) is 4.61. The third-order valence-corrected chi connectivity index (χ3v) is 5.26. The third kappa shape index (κ3) is 1.93. The van der Waals surface area contributed by atoms with Gasteiger partial charge in [-0.25, -0.2) is 4.98 Å². The predicted molar refractivity (Wildman–Crippen MR) is 80.3 cm³/mol. The molecule has 2 aliphatic heterocycles. The number of hydrogen-bond donors (Lipinski definition) is 1. The van der Waals surface area contributed by atoms with Crippen LogP contribution in [0.5, 0.6) is 0 Å². The maximum Gasteiger partial charge on any atom is 0.253 e. The second-order valence-electron chi connectivity index (χ2n) is 5.85. The van der Waals surface area contributed by atoms with Crippen LogP contribution in [0.2, 0.25) is 0 Å². The van der Waals surface area contributed by atoms with Crippen LogP contribution in [0.4, 0.5) is 0 Å². The van der Waals surface area contributed by atoms with Crippen LogP contribution in [0.1, 0.15) is 23.2 Å². The first-order chi connectivity index (χ1) is 10.6. The summed E-state index contributed by atoms with van der Waals surface area (Å²) in [5.74, 6) is -0.607. The Morgan fingerprint density at radius 2 is 2.23 bits per heavy atom. The Morgan fingerprint density at radius 3 is 3.00 bits per heavy atom. The van der Waals surface area contributed by atoms with Gasteiger partial charge in [0, 0.05) is 25.1 Å². The molecule has 0 unspecified atom stereocenters. The molecule has 2 fully saturated rings. The molecule has 0 bridgehead atoms. The lowest BCUT2D eigenvalue weighted by Gasteiger charge is -2.20. The first-order valence-corrected chi connectivity index (χ1v) is 7.92. The van der Waals surface area contributed by atoms with E-state index in [0.29, 0.717) is 25.1 Å². The monoisotopic (exact) mass is 315 g/mol. The summed E-state index contributed by atoms with van der Waals surface area (Å²) in [5.41, 5.74) is 2.40. The van der Waals surface area contributed by atoms with Crippen LogP contribution in [0.15, 0.2) is 23.7 Å². The van der Waals surface area contributed by atoms with E-state index >= 15 is 0 Å². The highest BCUT2D eigenvalue weighted by Crippen LogP contribution is 2.38. The summed E-state index contributed by atoms with van der Waals surface area (Å²) in [6, 6.07) is 5.45. The van der Waals surface area contributed by atoms with Gasteiger partial charge in [0.05, 0.1) is 21.1 Å². The topological polar surface area (TPSA) is 79.4 Å². The van der Waals surface area contributed by atoms with Gasteiger partial charge in [-0.15, -0.1) is 11.3 Å². The fourth-order valence-corrected chi connectivity index (χ4v) is 3.90. The standard InChI is InChI=1S/C15H13N3O3S/c19-12-6-15(14(21)17-12)3-4-18(7-15)13(20)9-1-2-11-10(5-9)16-8-22-11/h1-2,5,8H,3-4,6-7H2,(H,17,19,21)/t15-/m1/s1. The van der Waals surface area contributed by atoms with Crippen molar-refractivity contribution in [1.29, 1.82) is 0 Å². The van der Waals surface area contributed by atoms with Gasteiger partial charge in [0.25, 0.3) is 5.91 Å². The van der Waals surface area contributed by atoms with E-state index in [-0.39, 0.29) is 24.1 Å². The molecule has 4 rings (SSSR count). The van der Waals surface area contributed by atoms with Crippen molar-refractivity contribution in [3.63, 3.8) is 0 Å². The SMILES string of the molecule is O=C1C[C@@]2(CCN(C(=O)c3ccc4scnc4c3)C2)C(=O)N1. The van der Waals surface area contributed by atoms with Gasteiger partial charge in [-0.1, -0.05) is 0 Å². The van der Waals surface area contributed by atoms with Gasteiger partial charge in [-0.2, -0.15) is 0 Å². The highest BCUT2D eigenvalue weighted by Gasteiger charge is 2.51. The maximum absolute atomic E-state index is 12.6. The van der Waals surface area contributed by atoms with Gasteiger partial charge in [0.2, 0.25) is 11.8 Å². The van der Waals surface area contributed by atoms with E-state index in [2.05, 4.69) is 10.3 Å². The molecule has 1 aromatic heterocycles. The van der Waals surface area contributed by atoms with Crippen LogP contribution < -0.4 is 5.32 Å². The van der Waals surface area contributed by atoms with Crippen molar-refractivity contribution in [3.05, 3.63) is 29.3 Å². The third-order valence-electron chi connectivity index (χ3n) is 4.45. The summed E-state index contributed by atoms with van der Waals surface area (Å²) in [5, 5.41) is 2.35. The summed E-state index contributed by atoms with van der Waals surface area (Å²) < 4.78 is 1.04. The van der Waals surface area contributed by atoms with Gasteiger partial charge >= 0.3 is 0 Å². The Hall–Kier alpha value is -2.28. The molecule has 7 heteroatoms. The Bertz CT molecular complexity index is 815. The Balaban J connectivity index is 1.59. The number of imide groups is 1. The van der Waals surface area contributed by atoms with Crippen LogP contribution in [0, 0.1) is 5.41 Å². The molecule has 1 spiro atoms. The molecule has 2 aromatic rings. The summed E-state index contributed by atoms with van der Waals surface area (Å²) in [7, 11) is 0. The maximum atomic E-state index is 12.6. The van der Waals surface area contributed by atoms with Crippen molar-refractivity contribution in [2.75, 3.05) is 13.1 Å². The molecule has 1 aromatic carbocycles. The zero-order valence-corrected chi connectivity index (χ0v) is 12.5. The van der Waals surface area contributed by atoms with Crippen molar-refractivity contribution in [2.24, 2.45) is 5.41 Å². The van der Waals surface area contributed by atoms with E-state index in [4.69, 9.17) is 0 Å². The fraction of sp³-hybridized carbons (Fsp3) is 0.333. The molecule has 112 valence electrons. The van der Waals surface area contributed by atoms with E-state index < -0.39 is 5.41 Å². The van der Waals surface area contributed by atoms with Crippen LogP contribution >= 0.6 is 11.3 Å². The highest BCUT2D eigenvalue weighted by atomic mass is 32.1. The van der Waals surface area contributed by atoms with E-state index in [9.17, 15) is 14.4 Å². The number of amides is 3. The zero-order valence-electron chi connectivity index (χ0n) is 11.7. The van der Waals surface area contributed by atoms with E-state index in [1.807, 2.05) is 6.07 Å². The molecule has 2 saturated heterocycles. The first kappa shape index (κ1) is 13.4. The minimum Gasteiger partial charge on any atom is -0.338 e. The molecule has 0 aliphatic carbocycles. The number of rotatable bonds is 1. The van der Waals surface area contributed by atoms with Gasteiger partial charge in [0.1, 0.15) is 0 Å². The highest BCUT2D eigenvalue weighted by molar-refractivity contribution is 7.16. The molecule has 3 amide bonds. The number of thiazole rings is 1. The molecule has 1 atom stereocenters. The number of fused-ring (bicyclic) bond motifs is 1. The van der Waals surface area contributed by atoms with Crippen molar-refractivity contribution < 1.29 is 14.4 Å². The Kier molecular flexibility index (Phi) is 2.80. The molecular formula is C15H13N3O3S. The van der Waals surface area contributed by atoms with Gasteiger partial charge in [-0.05, 0) is 24.6 Å². The normalized spacial score (nSPS) is 24.5. The molecule has 0 saturated carbocycles. The number of benzene rings is 1. The fourth-order valence-electron chi connectivity index (χ4n) is 3.24. The number of nitrogens with zero attached hydrogens (tertiary/aromatic N) is 2. The van der Waals surface area contributed by atoms with Crippen molar-refractivity contribution >= 4 is 39.3 Å². The van der Waals surface area contributed by atoms with Crippen LogP contribution in [-0.2, 0) is 9.59 Å². The molecule has 22 heavy (non-hydrogen) atoms. The van der Waals surface area contributed by atoms with E-state index in [1.165, 1.54) is 11.3 Å². The number of carbonyl (C=O) groups excluding carboxylic acids is 3. The first-order valence-electron chi connectivity index (χ1n) is 7.04. The minimum atomic E-state index is -0.725. The average molecular weight is 315 g/mol. The lowest BCUT2D eigenvalue weighted by atomic mass is 9.85. The van der Waals surface area contributed by atoms with Crippen LogP contribution in [0.3, 0.4) is 0 Å². The zero-order chi connectivity index (χ0) is 15.3. The lowest BCUT2D eigenvalue weighted by Crippen LogP contribution is -2.36. The number of carbonyl (C=O) groups is 3. The van der Waals surface area contributed by atoms with Gasteiger partial charge in [-0.3, -0.25) is 19.7 Å². The van der Waals surface area contributed by atoms with E-state index in [1.54, 1.807) is 22.5 Å². The molecule has 2 aliphatic rings. The molecule has 3 heterocycles. The lowest BCUT2D eigenvalue weighted by molar-refractivity contribution is -0.128. The van der Waals surface area contributed by atoms with Gasteiger partial charge < -0.3 is 4.90 Å². The molecule has 0 radical (unpaired) electrons. The summed E-state index contributed by atoms with van der Waals surface area (Å²) in [4.78, 5) is 41.9. The van der Waals surface area contributed by atoms with Gasteiger partial charge in [0.15, 0.2) is 0 Å². The molecule has 1 N–H and O–H groups in total.